The van der Waals surface area contributed by atoms with Gasteiger partial charge in [0.05, 0.1) is 17.0 Å². The molecule has 0 radical (unpaired) electrons. The Morgan fingerprint density at radius 2 is 1.78 bits per heavy atom. The fraction of sp³-hybridized carbons (Fsp3) is 0.571. The first kappa shape index (κ1) is 18.0. The molecule has 2 aromatic rings. The van der Waals surface area contributed by atoms with E-state index in [0.717, 1.165) is 62.2 Å². The molecule has 2 aliphatic rings. The quantitative estimate of drug-likeness (QED) is 0.818. The number of amides is 2. The Hall–Kier alpha value is -2.37. The summed E-state index contributed by atoms with van der Waals surface area (Å²) in [5.74, 6) is 1.79. The van der Waals surface area contributed by atoms with Crippen LogP contribution in [0.5, 0.6) is 0 Å². The second-order valence-corrected chi connectivity index (χ2v) is 7.92. The van der Waals surface area contributed by atoms with Gasteiger partial charge in [0.15, 0.2) is 0 Å². The van der Waals surface area contributed by atoms with Crippen LogP contribution in [0.25, 0.3) is 11.0 Å². The Balaban J connectivity index is 1.40. The minimum absolute atomic E-state index is 0.0325. The first-order valence-corrected chi connectivity index (χ1v) is 10.00. The van der Waals surface area contributed by atoms with Gasteiger partial charge < -0.3 is 14.4 Å². The molecule has 1 aromatic carbocycles. The van der Waals surface area contributed by atoms with Crippen LogP contribution in [0.15, 0.2) is 24.3 Å². The SMILES string of the molecule is CC(=O)N1CCCC(C(=O)N2CCC(c3nc4ccccc4n3C)CC2)C1. The van der Waals surface area contributed by atoms with Gasteiger partial charge in [-0.15, -0.1) is 0 Å². The molecule has 6 nitrogen and oxygen atoms in total. The van der Waals surface area contributed by atoms with Crippen molar-refractivity contribution in [1.29, 1.82) is 0 Å². The highest BCUT2D eigenvalue weighted by molar-refractivity contribution is 5.81. The lowest BCUT2D eigenvalue weighted by Crippen LogP contribution is -2.48. The van der Waals surface area contributed by atoms with Crippen molar-refractivity contribution in [3.8, 4) is 0 Å². The summed E-state index contributed by atoms with van der Waals surface area (Å²) in [6.07, 6.45) is 3.72. The molecule has 0 spiro atoms. The average Bonchev–Trinajstić information content (AvgIpc) is 3.04. The first-order chi connectivity index (χ1) is 13.0. The van der Waals surface area contributed by atoms with E-state index < -0.39 is 0 Å². The van der Waals surface area contributed by atoms with Crippen molar-refractivity contribution < 1.29 is 9.59 Å². The van der Waals surface area contributed by atoms with Gasteiger partial charge in [-0.1, -0.05) is 12.1 Å². The van der Waals surface area contributed by atoms with Crippen molar-refractivity contribution in [3.63, 3.8) is 0 Å². The molecule has 0 aliphatic carbocycles. The van der Waals surface area contributed by atoms with Crippen LogP contribution >= 0.6 is 0 Å². The number of nitrogens with zero attached hydrogens (tertiary/aromatic N) is 4. The van der Waals surface area contributed by atoms with Gasteiger partial charge >= 0.3 is 0 Å². The number of piperidine rings is 2. The molecular weight excluding hydrogens is 340 g/mol. The number of hydrogen-bond acceptors (Lipinski definition) is 3. The maximum atomic E-state index is 12.9. The number of fused-ring (bicyclic) bond motifs is 1. The number of imidazole rings is 1. The average molecular weight is 368 g/mol. The number of carbonyl (C=O) groups is 2. The number of carbonyl (C=O) groups excluding carboxylic acids is 2. The van der Waals surface area contributed by atoms with Crippen LogP contribution in [0.3, 0.4) is 0 Å². The van der Waals surface area contributed by atoms with Crippen molar-refractivity contribution >= 4 is 22.8 Å². The predicted octanol–water partition coefficient (Wildman–Crippen LogP) is 2.54. The van der Waals surface area contributed by atoms with E-state index in [1.54, 1.807) is 6.92 Å². The van der Waals surface area contributed by atoms with Gasteiger partial charge in [-0.2, -0.15) is 0 Å². The molecule has 144 valence electrons. The van der Waals surface area contributed by atoms with Crippen molar-refractivity contribution in [2.45, 2.75) is 38.5 Å². The van der Waals surface area contributed by atoms with Crippen molar-refractivity contribution in [2.24, 2.45) is 13.0 Å². The van der Waals surface area contributed by atoms with E-state index in [4.69, 9.17) is 4.98 Å². The maximum absolute atomic E-state index is 12.9. The molecule has 1 atom stereocenters. The van der Waals surface area contributed by atoms with E-state index >= 15 is 0 Å². The second kappa shape index (κ2) is 7.33. The van der Waals surface area contributed by atoms with Crippen LogP contribution < -0.4 is 0 Å². The van der Waals surface area contributed by atoms with E-state index in [-0.39, 0.29) is 17.7 Å². The van der Waals surface area contributed by atoms with Crippen LogP contribution in [-0.4, -0.2) is 57.3 Å². The Morgan fingerprint density at radius 3 is 2.48 bits per heavy atom. The van der Waals surface area contributed by atoms with Crippen molar-refractivity contribution in [2.75, 3.05) is 26.2 Å². The number of benzene rings is 1. The molecule has 2 fully saturated rings. The third-order valence-electron chi connectivity index (χ3n) is 6.21. The Labute approximate surface area is 160 Å². The molecular formula is C21H28N4O2. The maximum Gasteiger partial charge on any atom is 0.227 e. The Morgan fingerprint density at radius 1 is 1.04 bits per heavy atom. The first-order valence-electron chi connectivity index (χ1n) is 10.00. The molecule has 1 unspecified atom stereocenters. The summed E-state index contributed by atoms with van der Waals surface area (Å²) in [5, 5.41) is 0. The highest BCUT2D eigenvalue weighted by Gasteiger charge is 2.33. The second-order valence-electron chi connectivity index (χ2n) is 7.92. The van der Waals surface area contributed by atoms with Gasteiger partial charge in [-0.05, 0) is 37.8 Å². The van der Waals surface area contributed by atoms with Crippen molar-refractivity contribution in [1.82, 2.24) is 19.4 Å². The summed E-state index contributed by atoms with van der Waals surface area (Å²) in [6, 6.07) is 8.23. The molecule has 1 aromatic heterocycles. The molecule has 0 N–H and O–H groups in total. The zero-order valence-electron chi connectivity index (χ0n) is 16.2. The van der Waals surface area contributed by atoms with Crippen LogP contribution in [0.1, 0.15) is 44.3 Å². The fourth-order valence-electron chi connectivity index (χ4n) is 4.61. The smallest absolute Gasteiger partial charge is 0.227 e. The molecule has 27 heavy (non-hydrogen) atoms. The molecule has 0 saturated carbocycles. The predicted molar refractivity (Wildman–Crippen MR) is 104 cm³/mol. The van der Waals surface area contributed by atoms with Crippen LogP contribution in [0, 0.1) is 5.92 Å². The minimum atomic E-state index is -0.0325. The lowest BCUT2D eigenvalue weighted by atomic mass is 9.92. The van der Waals surface area contributed by atoms with Gasteiger partial charge in [0, 0.05) is 46.1 Å². The lowest BCUT2D eigenvalue weighted by molar-refractivity contribution is -0.141. The van der Waals surface area contributed by atoms with Gasteiger partial charge in [-0.3, -0.25) is 9.59 Å². The van der Waals surface area contributed by atoms with Gasteiger partial charge in [0.2, 0.25) is 11.8 Å². The molecule has 2 amide bonds. The number of likely N-dealkylation sites (tertiary alicyclic amines) is 2. The Bertz CT molecular complexity index is 851. The number of hydrogen-bond donors (Lipinski definition) is 0. The van der Waals surface area contributed by atoms with Crippen LogP contribution in [-0.2, 0) is 16.6 Å². The normalized spacial score (nSPS) is 21.6. The zero-order chi connectivity index (χ0) is 19.0. The van der Waals surface area contributed by atoms with Crippen molar-refractivity contribution in [3.05, 3.63) is 30.1 Å². The summed E-state index contributed by atoms with van der Waals surface area (Å²) in [6.45, 7) is 4.52. The fourth-order valence-corrected chi connectivity index (χ4v) is 4.61. The van der Waals surface area contributed by atoms with Gasteiger partial charge in [0.25, 0.3) is 0 Å². The van der Waals surface area contributed by atoms with E-state index in [9.17, 15) is 9.59 Å². The minimum Gasteiger partial charge on any atom is -0.342 e. The molecule has 3 heterocycles. The number of para-hydroxylation sites is 2. The number of aryl methyl sites for hydroxylation is 1. The van der Waals surface area contributed by atoms with Gasteiger partial charge in [-0.25, -0.2) is 4.98 Å². The van der Waals surface area contributed by atoms with E-state index in [2.05, 4.69) is 23.7 Å². The highest BCUT2D eigenvalue weighted by Crippen LogP contribution is 2.30. The summed E-state index contributed by atoms with van der Waals surface area (Å²) < 4.78 is 2.20. The van der Waals surface area contributed by atoms with E-state index in [0.29, 0.717) is 12.5 Å². The molecule has 0 bridgehead atoms. The van der Waals surface area contributed by atoms with E-state index in [1.165, 1.54) is 0 Å². The third kappa shape index (κ3) is 3.45. The number of rotatable bonds is 2. The highest BCUT2D eigenvalue weighted by atomic mass is 16.2. The lowest BCUT2D eigenvalue weighted by Gasteiger charge is -2.37. The number of aromatic nitrogens is 2. The molecule has 4 rings (SSSR count). The summed E-state index contributed by atoms with van der Waals surface area (Å²) in [5.41, 5.74) is 2.21. The summed E-state index contributed by atoms with van der Waals surface area (Å²) >= 11 is 0. The largest absolute Gasteiger partial charge is 0.342 e. The standard InChI is InChI=1S/C21H28N4O2/c1-15(26)25-11-5-6-17(14-25)21(27)24-12-9-16(10-13-24)20-22-18-7-3-4-8-19(18)23(20)2/h3-4,7-8,16-17H,5-6,9-14H2,1-2H3. The monoisotopic (exact) mass is 368 g/mol. The molecule has 6 heteroatoms. The Kier molecular flexibility index (Phi) is 4.89. The summed E-state index contributed by atoms with van der Waals surface area (Å²) in [4.78, 5) is 33.2. The molecule has 2 saturated heterocycles. The van der Waals surface area contributed by atoms with Crippen LogP contribution in [0.4, 0.5) is 0 Å². The molecule has 2 aliphatic heterocycles. The van der Waals surface area contributed by atoms with Crippen LogP contribution in [0.2, 0.25) is 0 Å². The topological polar surface area (TPSA) is 58.4 Å². The van der Waals surface area contributed by atoms with Gasteiger partial charge in [0.1, 0.15) is 5.82 Å². The third-order valence-corrected chi connectivity index (χ3v) is 6.21. The van der Waals surface area contributed by atoms with E-state index in [1.807, 2.05) is 21.9 Å². The summed E-state index contributed by atoms with van der Waals surface area (Å²) in [7, 11) is 2.08. The zero-order valence-corrected chi connectivity index (χ0v) is 16.2.